The predicted molar refractivity (Wildman–Crippen MR) is 102 cm³/mol. The topological polar surface area (TPSA) is 69.8 Å². The molecule has 1 amide bonds. The lowest BCUT2D eigenvalue weighted by molar-refractivity contribution is 0.0465. The van der Waals surface area contributed by atoms with Crippen molar-refractivity contribution >= 4 is 5.91 Å². The van der Waals surface area contributed by atoms with E-state index in [2.05, 4.69) is 10.1 Å². The van der Waals surface area contributed by atoms with Crippen LogP contribution in [0.25, 0.3) is 11.3 Å². The Morgan fingerprint density at radius 2 is 1.89 bits per heavy atom. The van der Waals surface area contributed by atoms with Gasteiger partial charge in [-0.05, 0) is 44.2 Å². The first kappa shape index (κ1) is 18.2. The van der Waals surface area contributed by atoms with Crippen LogP contribution in [0.5, 0.6) is 0 Å². The van der Waals surface area contributed by atoms with Gasteiger partial charge in [0, 0.05) is 31.8 Å². The number of amides is 1. The molecule has 0 unspecified atom stereocenters. The highest BCUT2D eigenvalue weighted by Crippen LogP contribution is 2.28. The fourth-order valence-corrected chi connectivity index (χ4v) is 4.44. The summed E-state index contributed by atoms with van der Waals surface area (Å²) >= 11 is 0. The summed E-state index contributed by atoms with van der Waals surface area (Å²) in [4.78, 5) is 17.6. The molecule has 2 fully saturated rings. The summed E-state index contributed by atoms with van der Waals surface area (Å²) in [5.41, 5.74) is 1.96. The lowest BCUT2D eigenvalue weighted by Crippen LogP contribution is -2.47. The third kappa shape index (κ3) is 4.06. The van der Waals surface area contributed by atoms with Crippen LogP contribution in [0.15, 0.2) is 41.1 Å². The summed E-state index contributed by atoms with van der Waals surface area (Å²) < 4.78 is 5.14. The van der Waals surface area contributed by atoms with Gasteiger partial charge in [0.15, 0.2) is 0 Å². The monoisotopic (exact) mass is 369 g/mol. The predicted octanol–water partition coefficient (Wildman–Crippen LogP) is 2.51. The van der Waals surface area contributed by atoms with E-state index < -0.39 is 0 Å². The quantitative estimate of drug-likeness (QED) is 0.877. The molecule has 2 saturated heterocycles. The Kier molecular flexibility index (Phi) is 5.55. The number of piperidine rings is 1. The summed E-state index contributed by atoms with van der Waals surface area (Å²) in [5.74, 6) is 0.480. The van der Waals surface area contributed by atoms with Gasteiger partial charge in [0.2, 0.25) is 0 Å². The van der Waals surface area contributed by atoms with Crippen LogP contribution in [-0.2, 0) is 0 Å². The van der Waals surface area contributed by atoms with Crippen LogP contribution >= 0.6 is 0 Å². The number of benzene rings is 1. The highest BCUT2D eigenvalue weighted by atomic mass is 16.5. The zero-order valence-electron chi connectivity index (χ0n) is 15.6. The van der Waals surface area contributed by atoms with Gasteiger partial charge in [0.25, 0.3) is 5.91 Å². The standard InChI is InChI=1S/C21H27N3O3/c25-14-17-10-16(11-23-8-4-5-9-23)12-24(13-17)21(26)19-15-27-22-20(19)18-6-2-1-3-7-18/h1-3,6-7,15-17,25H,4-5,8-14H2/t16-,17-/m1/s1. The number of hydrogen-bond acceptors (Lipinski definition) is 5. The van der Waals surface area contributed by atoms with E-state index in [4.69, 9.17) is 4.52 Å². The Bertz CT molecular complexity index is 755. The molecule has 0 saturated carbocycles. The number of aromatic nitrogens is 1. The van der Waals surface area contributed by atoms with Crippen molar-refractivity contribution < 1.29 is 14.4 Å². The number of carbonyl (C=O) groups is 1. The Morgan fingerprint density at radius 1 is 1.15 bits per heavy atom. The fourth-order valence-electron chi connectivity index (χ4n) is 4.44. The molecule has 27 heavy (non-hydrogen) atoms. The summed E-state index contributed by atoms with van der Waals surface area (Å²) in [6.07, 6.45) is 4.95. The second kappa shape index (κ2) is 8.23. The van der Waals surface area contributed by atoms with Crippen molar-refractivity contribution in [3.63, 3.8) is 0 Å². The van der Waals surface area contributed by atoms with E-state index in [0.29, 0.717) is 23.7 Å². The smallest absolute Gasteiger partial charge is 0.259 e. The molecule has 6 nitrogen and oxygen atoms in total. The second-order valence-corrected chi connectivity index (χ2v) is 7.81. The van der Waals surface area contributed by atoms with E-state index in [9.17, 15) is 9.90 Å². The lowest BCUT2D eigenvalue weighted by atomic mass is 9.88. The van der Waals surface area contributed by atoms with Gasteiger partial charge in [0.1, 0.15) is 17.5 Å². The number of rotatable bonds is 5. The van der Waals surface area contributed by atoms with Crippen molar-refractivity contribution in [1.29, 1.82) is 0 Å². The zero-order valence-corrected chi connectivity index (χ0v) is 15.6. The maximum absolute atomic E-state index is 13.2. The molecule has 0 spiro atoms. The number of aliphatic hydroxyl groups excluding tert-OH is 1. The van der Waals surface area contributed by atoms with Crippen molar-refractivity contribution in [3.8, 4) is 11.3 Å². The third-order valence-corrected chi connectivity index (χ3v) is 5.73. The van der Waals surface area contributed by atoms with Crippen LogP contribution in [0, 0.1) is 11.8 Å². The normalized spacial score (nSPS) is 23.7. The number of likely N-dealkylation sites (tertiary alicyclic amines) is 2. The number of hydrogen-bond donors (Lipinski definition) is 1. The van der Waals surface area contributed by atoms with Gasteiger partial charge in [0.05, 0.1) is 0 Å². The Balaban J connectivity index is 1.51. The molecule has 144 valence electrons. The molecule has 4 rings (SSSR count). The molecular formula is C21H27N3O3. The van der Waals surface area contributed by atoms with Crippen molar-refractivity contribution in [2.24, 2.45) is 11.8 Å². The molecule has 0 aliphatic carbocycles. The van der Waals surface area contributed by atoms with E-state index in [1.165, 1.54) is 19.1 Å². The number of aliphatic hydroxyl groups is 1. The molecule has 1 aromatic carbocycles. The molecule has 0 bridgehead atoms. The summed E-state index contributed by atoms with van der Waals surface area (Å²) in [5, 5.41) is 13.8. The number of nitrogens with zero attached hydrogens (tertiary/aromatic N) is 3. The van der Waals surface area contributed by atoms with Crippen LogP contribution in [0.2, 0.25) is 0 Å². The minimum atomic E-state index is -0.0559. The Labute approximate surface area is 159 Å². The molecule has 3 heterocycles. The maximum atomic E-state index is 13.2. The summed E-state index contributed by atoms with van der Waals surface area (Å²) in [7, 11) is 0. The minimum Gasteiger partial charge on any atom is -0.396 e. The average molecular weight is 369 g/mol. The molecule has 2 aliphatic heterocycles. The zero-order chi connectivity index (χ0) is 18.6. The van der Waals surface area contributed by atoms with Gasteiger partial charge in [-0.1, -0.05) is 35.5 Å². The van der Waals surface area contributed by atoms with Gasteiger partial charge in [-0.15, -0.1) is 0 Å². The first-order chi connectivity index (χ1) is 13.2. The maximum Gasteiger partial charge on any atom is 0.259 e. The molecule has 2 aromatic rings. The van der Waals surface area contributed by atoms with Crippen LogP contribution in [0.4, 0.5) is 0 Å². The van der Waals surface area contributed by atoms with Crippen LogP contribution in [-0.4, -0.2) is 65.3 Å². The minimum absolute atomic E-state index is 0.0559. The third-order valence-electron chi connectivity index (χ3n) is 5.73. The fraction of sp³-hybridized carbons (Fsp3) is 0.524. The van der Waals surface area contributed by atoms with Crippen LogP contribution in [0.3, 0.4) is 0 Å². The van der Waals surface area contributed by atoms with Gasteiger partial charge < -0.3 is 19.4 Å². The molecule has 0 radical (unpaired) electrons. The molecule has 2 aliphatic rings. The molecule has 1 aromatic heterocycles. The van der Waals surface area contributed by atoms with Crippen LogP contribution in [0.1, 0.15) is 29.6 Å². The molecule has 1 N–H and O–H groups in total. The van der Waals surface area contributed by atoms with E-state index in [0.717, 1.165) is 38.2 Å². The Hall–Kier alpha value is -2.18. The Morgan fingerprint density at radius 3 is 2.63 bits per heavy atom. The van der Waals surface area contributed by atoms with Gasteiger partial charge >= 0.3 is 0 Å². The van der Waals surface area contributed by atoms with E-state index in [1.54, 1.807) is 0 Å². The second-order valence-electron chi connectivity index (χ2n) is 7.81. The summed E-state index contributed by atoms with van der Waals surface area (Å²) in [6, 6.07) is 9.64. The summed E-state index contributed by atoms with van der Waals surface area (Å²) in [6.45, 7) is 4.75. The van der Waals surface area contributed by atoms with Gasteiger partial charge in [-0.3, -0.25) is 4.79 Å². The first-order valence-electron chi connectivity index (χ1n) is 9.87. The van der Waals surface area contributed by atoms with Crippen molar-refractivity contribution in [2.75, 3.05) is 39.3 Å². The average Bonchev–Trinajstić information content (AvgIpc) is 3.39. The van der Waals surface area contributed by atoms with E-state index >= 15 is 0 Å². The van der Waals surface area contributed by atoms with Gasteiger partial charge in [-0.25, -0.2) is 0 Å². The van der Waals surface area contributed by atoms with E-state index in [-0.39, 0.29) is 18.4 Å². The van der Waals surface area contributed by atoms with Crippen LogP contribution < -0.4 is 0 Å². The van der Waals surface area contributed by atoms with Gasteiger partial charge in [-0.2, -0.15) is 0 Å². The van der Waals surface area contributed by atoms with E-state index in [1.807, 2.05) is 35.2 Å². The molecular weight excluding hydrogens is 342 g/mol. The highest BCUT2D eigenvalue weighted by molar-refractivity contribution is 5.99. The van der Waals surface area contributed by atoms with Crippen molar-refractivity contribution in [3.05, 3.63) is 42.2 Å². The van der Waals surface area contributed by atoms with Crippen molar-refractivity contribution in [2.45, 2.75) is 19.3 Å². The molecule has 6 heteroatoms. The SMILES string of the molecule is O=C(c1conc1-c1ccccc1)N1C[C@H](CO)C[C@H](CN2CCCC2)C1. The lowest BCUT2D eigenvalue weighted by Gasteiger charge is -2.38. The first-order valence-corrected chi connectivity index (χ1v) is 9.87. The van der Waals surface area contributed by atoms with Crippen molar-refractivity contribution in [1.82, 2.24) is 15.0 Å². The largest absolute Gasteiger partial charge is 0.396 e. The highest BCUT2D eigenvalue weighted by Gasteiger charge is 2.33. The molecule has 2 atom stereocenters. The number of carbonyl (C=O) groups excluding carboxylic acids is 1.